The molecule has 1 fully saturated rings. The Balaban J connectivity index is 1.67. The van der Waals surface area contributed by atoms with Gasteiger partial charge in [0, 0.05) is 25.2 Å². The summed E-state index contributed by atoms with van der Waals surface area (Å²) >= 11 is 0. The normalized spacial score (nSPS) is 14.3. The molecule has 0 aliphatic carbocycles. The van der Waals surface area contributed by atoms with Gasteiger partial charge in [-0.2, -0.15) is 4.31 Å². The number of nitro groups is 1. The van der Waals surface area contributed by atoms with Crippen molar-refractivity contribution in [1.29, 1.82) is 0 Å². The molecule has 0 radical (unpaired) electrons. The summed E-state index contributed by atoms with van der Waals surface area (Å²) in [6, 6.07) is 8.89. The molecule has 0 bridgehead atoms. The Morgan fingerprint density at radius 3 is 2.36 bits per heavy atom. The van der Waals surface area contributed by atoms with Crippen molar-refractivity contribution in [3.05, 3.63) is 58.1 Å². The molecule has 3 rings (SSSR count). The standard InChI is InChI=1S/C21H23N3O8S/c1-31-19-10-9-17(33(29,30)23-11-3-2-4-12-23)13-18(19)22-20(25)14-32-21(26)15-5-7-16(8-6-15)24(27)28/h5-10,13H,2-4,11-12,14H2,1H3,(H,22,25). The maximum Gasteiger partial charge on any atom is 0.338 e. The van der Waals surface area contributed by atoms with Gasteiger partial charge in [-0.25, -0.2) is 13.2 Å². The SMILES string of the molecule is COc1ccc(S(=O)(=O)N2CCCCC2)cc1NC(=O)COC(=O)c1ccc([N+](=O)[O-])cc1. The number of hydrogen-bond acceptors (Lipinski definition) is 8. The molecule has 0 unspecified atom stereocenters. The third kappa shape index (κ3) is 5.84. The van der Waals surface area contributed by atoms with Crippen molar-refractivity contribution in [2.75, 3.05) is 32.1 Å². The van der Waals surface area contributed by atoms with Gasteiger partial charge in [-0.3, -0.25) is 14.9 Å². The lowest BCUT2D eigenvalue weighted by atomic mass is 10.2. The number of hydrogen-bond donors (Lipinski definition) is 1. The van der Waals surface area contributed by atoms with E-state index in [4.69, 9.17) is 9.47 Å². The minimum atomic E-state index is -3.72. The highest BCUT2D eigenvalue weighted by atomic mass is 32.2. The van der Waals surface area contributed by atoms with Crippen LogP contribution >= 0.6 is 0 Å². The van der Waals surface area contributed by atoms with E-state index in [9.17, 15) is 28.1 Å². The zero-order valence-electron chi connectivity index (χ0n) is 17.9. The van der Waals surface area contributed by atoms with Gasteiger partial charge in [-0.15, -0.1) is 0 Å². The molecule has 1 N–H and O–H groups in total. The first-order chi connectivity index (χ1) is 15.7. The second kappa shape index (κ2) is 10.4. The predicted octanol–water partition coefficient (Wildman–Crippen LogP) is 2.57. The Kier molecular flexibility index (Phi) is 7.61. The lowest BCUT2D eigenvalue weighted by Gasteiger charge is -2.26. The number of esters is 1. The van der Waals surface area contributed by atoms with Crippen molar-refractivity contribution in [3.63, 3.8) is 0 Å². The van der Waals surface area contributed by atoms with E-state index in [0.29, 0.717) is 13.1 Å². The lowest BCUT2D eigenvalue weighted by Crippen LogP contribution is -2.35. The predicted molar refractivity (Wildman–Crippen MR) is 118 cm³/mol. The number of piperidine rings is 1. The van der Waals surface area contributed by atoms with E-state index in [1.807, 2.05) is 0 Å². The van der Waals surface area contributed by atoms with Crippen LogP contribution in [0.3, 0.4) is 0 Å². The van der Waals surface area contributed by atoms with Crippen LogP contribution in [-0.2, 0) is 19.6 Å². The zero-order chi connectivity index (χ0) is 24.0. The summed E-state index contributed by atoms with van der Waals surface area (Å²) in [5, 5.41) is 13.2. The zero-order valence-corrected chi connectivity index (χ0v) is 18.7. The van der Waals surface area contributed by atoms with Crippen LogP contribution < -0.4 is 10.1 Å². The van der Waals surface area contributed by atoms with Crippen LogP contribution in [0.5, 0.6) is 5.75 Å². The Bertz CT molecular complexity index is 1140. The molecular formula is C21H23N3O8S. The molecule has 2 aromatic carbocycles. The number of carbonyl (C=O) groups excluding carboxylic acids is 2. The van der Waals surface area contributed by atoms with E-state index in [1.165, 1.54) is 41.7 Å². The maximum atomic E-state index is 12.9. The molecule has 12 heteroatoms. The van der Waals surface area contributed by atoms with E-state index in [2.05, 4.69) is 5.32 Å². The number of non-ortho nitro benzene ring substituents is 1. The number of carbonyl (C=O) groups is 2. The van der Waals surface area contributed by atoms with E-state index in [1.54, 1.807) is 0 Å². The first-order valence-electron chi connectivity index (χ1n) is 10.1. The van der Waals surface area contributed by atoms with Gasteiger partial charge in [0.05, 0.1) is 28.2 Å². The van der Waals surface area contributed by atoms with Crippen molar-refractivity contribution in [2.24, 2.45) is 0 Å². The molecule has 33 heavy (non-hydrogen) atoms. The average molecular weight is 477 g/mol. The topological polar surface area (TPSA) is 145 Å². The summed E-state index contributed by atoms with van der Waals surface area (Å²) in [7, 11) is -2.35. The molecule has 0 aromatic heterocycles. The van der Waals surface area contributed by atoms with Crippen LogP contribution in [0.1, 0.15) is 29.6 Å². The third-order valence-corrected chi connectivity index (χ3v) is 6.94. The van der Waals surface area contributed by atoms with Crippen LogP contribution in [-0.4, -0.2) is 56.3 Å². The number of nitro benzene ring substituents is 1. The molecule has 11 nitrogen and oxygen atoms in total. The first-order valence-corrected chi connectivity index (χ1v) is 11.6. The van der Waals surface area contributed by atoms with Crippen molar-refractivity contribution in [3.8, 4) is 5.75 Å². The number of rotatable bonds is 8. The number of ether oxygens (including phenoxy) is 2. The summed E-state index contributed by atoms with van der Waals surface area (Å²) in [6.07, 6.45) is 2.56. The Hall–Kier alpha value is -3.51. The molecule has 0 atom stereocenters. The number of nitrogens with zero attached hydrogens (tertiary/aromatic N) is 2. The van der Waals surface area contributed by atoms with Crippen LogP contribution in [0, 0.1) is 10.1 Å². The van der Waals surface area contributed by atoms with Crippen LogP contribution in [0.4, 0.5) is 11.4 Å². The highest BCUT2D eigenvalue weighted by Crippen LogP contribution is 2.30. The molecule has 1 aliphatic rings. The van der Waals surface area contributed by atoms with Gasteiger partial charge >= 0.3 is 5.97 Å². The van der Waals surface area contributed by atoms with E-state index >= 15 is 0 Å². The van der Waals surface area contributed by atoms with E-state index < -0.39 is 33.4 Å². The van der Waals surface area contributed by atoms with E-state index in [-0.39, 0.29) is 27.6 Å². The molecule has 2 aromatic rings. The number of amides is 1. The van der Waals surface area contributed by atoms with E-state index in [0.717, 1.165) is 31.4 Å². The van der Waals surface area contributed by atoms with Crippen molar-refractivity contribution < 1.29 is 32.4 Å². The molecule has 0 spiro atoms. The summed E-state index contributed by atoms with van der Waals surface area (Å²) in [6.45, 7) is 0.228. The summed E-state index contributed by atoms with van der Waals surface area (Å²) < 4.78 is 37.4. The van der Waals surface area contributed by atoms with Gasteiger partial charge in [0.25, 0.3) is 11.6 Å². The monoisotopic (exact) mass is 477 g/mol. The fourth-order valence-electron chi connectivity index (χ4n) is 3.32. The average Bonchev–Trinajstić information content (AvgIpc) is 2.83. The van der Waals surface area contributed by atoms with Crippen LogP contribution in [0.25, 0.3) is 0 Å². The van der Waals surface area contributed by atoms with Gasteiger partial charge in [-0.05, 0) is 43.2 Å². The Labute approximate surface area is 190 Å². The van der Waals surface area contributed by atoms with Gasteiger partial charge in [-0.1, -0.05) is 6.42 Å². The second-order valence-electron chi connectivity index (χ2n) is 7.26. The molecule has 1 aliphatic heterocycles. The van der Waals surface area contributed by atoms with Crippen molar-refractivity contribution in [1.82, 2.24) is 4.31 Å². The quantitative estimate of drug-likeness (QED) is 0.347. The highest BCUT2D eigenvalue weighted by molar-refractivity contribution is 7.89. The maximum absolute atomic E-state index is 12.9. The smallest absolute Gasteiger partial charge is 0.338 e. The second-order valence-corrected chi connectivity index (χ2v) is 9.19. The molecule has 0 saturated carbocycles. The highest BCUT2D eigenvalue weighted by Gasteiger charge is 2.27. The molecule has 1 amide bonds. The molecule has 1 heterocycles. The largest absolute Gasteiger partial charge is 0.495 e. The number of anilines is 1. The number of sulfonamides is 1. The lowest BCUT2D eigenvalue weighted by molar-refractivity contribution is -0.384. The van der Waals surface area contributed by atoms with Gasteiger partial charge in [0.2, 0.25) is 10.0 Å². The summed E-state index contributed by atoms with van der Waals surface area (Å²) in [5.41, 5.74) is -0.0247. The minimum Gasteiger partial charge on any atom is -0.495 e. The van der Waals surface area contributed by atoms with Crippen LogP contribution in [0.2, 0.25) is 0 Å². The Morgan fingerprint density at radius 2 is 1.76 bits per heavy atom. The van der Waals surface area contributed by atoms with Crippen molar-refractivity contribution in [2.45, 2.75) is 24.2 Å². The third-order valence-electron chi connectivity index (χ3n) is 5.05. The van der Waals surface area contributed by atoms with Crippen LogP contribution in [0.15, 0.2) is 47.4 Å². The van der Waals surface area contributed by atoms with Gasteiger partial charge in [0.1, 0.15) is 5.75 Å². The fourth-order valence-corrected chi connectivity index (χ4v) is 4.86. The molecule has 176 valence electrons. The van der Waals surface area contributed by atoms with Gasteiger partial charge in [0.15, 0.2) is 6.61 Å². The Morgan fingerprint density at radius 1 is 1.09 bits per heavy atom. The molecular weight excluding hydrogens is 454 g/mol. The van der Waals surface area contributed by atoms with Crippen molar-refractivity contribution >= 4 is 33.3 Å². The first kappa shape index (κ1) is 24.1. The van der Waals surface area contributed by atoms with Gasteiger partial charge < -0.3 is 14.8 Å². The molecule has 1 saturated heterocycles. The number of methoxy groups -OCH3 is 1. The number of nitrogens with one attached hydrogen (secondary N) is 1. The minimum absolute atomic E-state index is 0.0170. The fraction of sp³-hybridized carbons (Fsp3) is 0.333. The number of benzene rings is 2. The summed E-state index contributed by atoms with van der Waals surface area (Å²) in [5.74, 6) is -1.31. The summed E-state index contributed by atoms with van der Waals surface area (Å²) in [4.78, 5) is 34.5.